The van der Waals surface area contributed by atoms with Crippen molar-refractivity contribution < 1.29 is 23.1 Å². The molecule has 2 amide bonds. The molecule has 8 nitrogen and oxygen atoms in total. The lowest BCUT2D eigenvalue weighted by atomic mass is 10.2. The van der Waals surface area contributed by atoms with Gasteiger partial charge >= 0.3 is 12.0 Å². The number of carboxylic acids is 1. The lowest BCUT2D eigenvalue weighted by molar-refractivity contribution is -0.141. The predicted molar refractivity (Wildman–Crippen MR) is 70.3 cm³/mol. The second-order valence-electron chi connectivity index (χ2n) is 4.18. The molecule has 0 bridgehead atoms. The number of amides is 2. The number of nitrogens with one attached hydrogen (secondary N) is 2. The van der Waals surface area contributed by atoms with E-state index in [9.17, 15) is 18.0 Å². The number of nitrogens with zero attached hydrogens (tertiary/aromatic N) is 1. The zero-order valence-electron chi connectivity index (χ0n) is 11.3. The number of hydrogen-bond donors (Lipinski definition) is 3. The minimum Gasteiger partial charge on any atom is -0.481 e. The molecule has 112 valence electrons. The van der Waals surface area contributed by atoms with Gasteiger partial charge in [-0.2, -0.15) is 0 Å². The zero-order chi connectivity index (χ0) is 15.1. The highest BCUT2D eigenvalue weighted by Crippen LogP contribution is 2.00. The molecule has 0 aliphatic heterocycles. The van der Waals surface area contributed by atoms with Crippen molar-refractivity contribution >= 4 is 22.0 Å². The van der Waals surface area contributed by atoms with E-state index in [0.29, 0.717) is 6.54 Å². The second kappa shape index (κ2) is 7.95. The predicted octanol–water partition coefficient (Wildman–Crippen LogP) is -0.712. The number of rotatable bonds is 8. The van der Waals surface area contributed by atoms with Crippen LogP contribution in [0.2, 0.25) is 0 Å². The highest BCUT2D eigenvalue weighted by molar-refractivity contribution is 7.88. The Morgan fingerprint density at radius 2 is 1.89 bits per heavy atom. The highest BCUT2D eigenvalue weighted by Gasteiger charge is 2.18. The van der Waals surface area contributed by atoms with Gasteiger partial charge in [0.1, 0.15) is 0 Å². The Hall–Kier alpha value is -1.35. The summed E-state index contributed by atoms with van der Waals surface area (Å²) in [5.74, 6) is -1.62. The molecule has 0 aliphatic carbocycles. The fourth-order valence-electron chi connectivity index (χ4n) is 1.28. The SMILES string of the molecule is CCN(CC(C)C(=O)O)C(=O)NCCNS(C)(=O)=O. The standard InChI is InChI=1S/C10H21N3O5S/c1-4-13(7-8(2)9(14)15)10(16)11-5-6-12-19(3,17)18/h8,12H,4-7H2,1-3H3,(H,11,16)(H,14,15). The molecule has 0 spiro atoms. The molecule has 1 unspecified atom stereocenters. The lowest BCUT2D eigenvalue weighted by Gasteiger charge is -2.23. The van der Waals surface area contributed by atoms with Gasteiger partial charge in [0.15, 0.2) is 0 Å². The molecule has 0 heterocycles. The first kappa shape index (κ1) is 17.6. The monoisotopic (exact) mass is 295 g/mol. The molecule has 0 aromatic heterocycles. The minimum absolute atomic E-state index is 0.0939. The lowest BCUT2D eigenvalue weighted by Crippen LogP contribution is -2.45. The highest BCUT2D eigenvalue weighted by atomic mass is 32.2. The first-order valence-corrected chi connectivity index (χ1v) is 7.76. The number of urea groups is 1. The van der Waals surface area contributed by atoms with Gasteiger partial charge in [0.25, 0.3) is 0 Å². The molecule has 3 N–H and O–H groups in total. The fraction of sp³-hybridized carbons (Fsp3) is 0.800. The van der Waals surface area contributed by atoms with E-state index in [1.54, 1.807) is 6.92 Å². The average Bonchev–Trinajstić information content (AvgIpc) is 2.29. The summed E-state index contributed by atoms with van der Waals surface area (Å²) in [5.41, 5.74) is 0. The third kappa shape index (κ3) is 8.38. The maximum Gasteiger partial charge on any atom is 0.317 e. The summed E-state index contributed by atoms with van der Waals surface area (Å²) in [5, 5.41) is 11.3. The van der Waals surface area contributed by atoms with Crippen LogP contribution in [0.1, 0.15) is 13.8 Å². The van der Waals surface area contributed by atoms with E-state index >= 15 is 0 Å². The fourth-order valence-corrected chi connectivity index (χ4v) is 1.75. The van der Waals surface area contributed by atoms with Crippen molar-refractivity contribution in [3.05, 3.63) is 0 Å². The van der Waals surface area contributed by atoms with Gasteiger partial charge < -0.3 is 15.3 Å². The van der Waals surface area contributed by atoms with Gasteiger partial charge in [-0.15, -0.1) is 0 Å². The van der Waals surface area contributed by atoms with Crippen molar-refractivity contribution in [1.29, 1.82) is 0 Å². The summed E-state index contributed by atoms with van der Waals surface area (Å²) in [7, 11) is -3.27. The van der Waals surface area contributed by atoms with Crippen molar-refractivity contribution in [2.45, 2.75) is 13.8 Å². The molecule has 1 atom stereocenters. The zero-order valence-corrected chi connectivity index (χ0v) is 12.2. The second-order valence-corrected chi connectivity index (χ2v) is 6.01. The molecule has 0 aromatic rings. The van der Waals surface area contributed by atoms with Gasteiger partial charge in [-0.25, -0.2) is 17.9 Å². The van der Waals surface area contributed by atoms with Crippen molar-refractivity contribution in [3.8, 4) is 0 Å². The minimum atomic E-state index is -3.27. The van der Waals surface area contributed by atoms with E-state index in [2.05, 4.69) is 10.0 Å². The van der Waals surface area contributed by atoms with Gasteiger partial charge in [0, 0.05) is 26.2 Å². The molecule has 9 heteroatoms. The number of sulfonamides is 1. The molecule has 0 fully saturated rings. The third-order valence-corrected chi connectivity index (χ3v) is 3.08. The van der Waals surface area contributed by atoms with Crippen molar-refractivity contribution in [2.24, 2.45) is 5.92 Å². The van der Waals surface area contributed by atoms with E-state index in [4.69, 9.17) is 5.11 Å². The largest absolute Gasteiger partial charge is 0.481 e. The van der Waals surface area contributed by atoms with Gasteiger partial charge in [-0.3, -0.25) is 4.79 Å². The van der Waals surface area contributed by atoms with Crippen molar-refractivity contribution in [1.82, 2.24) is 14.9 Å². The number of carbonyl (C=O) groups excluding carboxylic acids is 1. The van der Waals surface area contributed by atoms with Gasteiger partial charge in [0.2, 0.25) is 10.0 Å². The molecular formula is C10H21N3O5S. The Labute approximate surface area is 113 Å². The number of carbonyl (C=O) groups is 2. The Bertz CT molecular complexity index is 409. The Morgan fingerprint density at radius 1 is 1.32 bits per heavy atom. The van der Waals surface area contributed by atoms with Crippen LogP contribution in [-0.2, 0) is 14.8 Å². The number of carboxylic acid groups (broad SMARTS) is 1. The average molecular weight is 295 g/mol. The topological polar surface area (TPSA) is 116 Å². The summed E-state index contributed by atoms with van der Waals surface area (Å²) in [6.07, 6.45) is 1.03. The molecular weight excluding hydrogens is 274 g/mol. The van der Waals surface area contributed by atoms with Crippen LogP contribution in [0.3, 0.4) is 0 Å². The molecule has 0 rings (SSSR count). The molecule has 0 aliphatic rings. The molecule has 0 radical (unpaired) electrons. The third-order valence-electron chi connectivity index (χ3n) is 2.35. The van der Waals surface area contributed by atoms with E-state index < -0.39 is 27.9 Å². The Kier molecular flexibility index (Phi) is 7.38. The summed E-state index contributed by atoms with van der Waals surface area (Å²) in [6, 6.07) is -0.411. The van der Waals surface area contributed by atoms with Crippen molar-refractivity contribution in [3.63, 3.8) is 0 Å². The number of aliphatic carboxylic acids is 1. The summed E-state index contributed by atoms with van der Waals surface area (Å²) < 4.78 is 23.8. The molecule has 0 saturated heterocycles. The quantitative estimate of drug-likeness (QED) is 0.511. The van der Waals surface area contributed by atoms with E-state index in [1.165, 1.54) is 11.8 Å². The van der Waals surface area contributed by atoms with Gasteiger partial charge in [-0.05, 0) is 6.92 Å². The van der Waals surface area contributed by atoms with Crippen molar-refractivity contribution in [2.75, 3.05) is 32.4 Å². The van der Waals surface area contributed by atoms with Gasteiger partial charge in [-0.1, -0.05) is 6.92 Å². The Balaban J connectivity index is 4.12. The first-order chi connectivity index (χ1) is 8.67. The maximum absolute atomic E-state index is 11.7. The first-order valence-electron chi connectivity index (χ1n) is 5.87. The van der Waals surface area contributed by atoms with E-state index in [1.807, 2.05) is 0 Å². The van der Waals surface area contributed by atoms with Crippen LogP contribution in [0.25, 0.3) is 0 Å². The van der Waals surface area contributed by atoms with Gasteiger partial charge in [0.05, 0.1) is 12.2 Å². The summed E-state index contributed by atoms with van der Waals surface area (Å²) >= 11 is 0. The van der Waals surface area contributed by atoms with Crippen LogP contribution in [0.15, 0.2) is 0 Å². The molecule has 0 aromatic carbocycles. The number of hydrogen-bond acceptors (Lipinski definition) is 4. The Morgan fingerprint density at radius 3 is 2.32 bits per heavy atom. The van der Waals surface area contributed by atoms with Crippen LogP contribution in [0.5, 0.6) is 0 Å². The van der Waals surface area contributed by atoms with E-state index in [0.717, 1.165) is 6.26 Å². The van der Waals surface area contributed by atoms with Crippen LogP contribution >= 0.6 is 0 Å². The van der Waals surface area contributed by atoms with E-state index in [-0.39, 0.29) is 19.6 Å². The molecule has 19 heavy (non-hydrogen) atoms. The maximum atomic E-state index is 11.7. The van der Waals surface area contributed by atoms with Crippen LogP contribution in [0.4, 0.5) is 4.79 Å². The van der Waals surface area contributed by atoms with Crippen LogP contribution < -0.4 is 10.0 Å². The van der Waals surface area contributed by atoms with Crippen LogP contribution in [0, 0.1) is 5.92 Å². The summed E-state index contributed by atoms with van der Waals surface area (Å²) in [6.45, 7) is 3.98. The molecule has 0 saturated carbocycles. The van der Waals surface area contributed by atoms with Crippen LogP contribution in [-0.4, -0.2) is 62.9 Å². The smallest absolute Gasteiger partial charge is 0.317 e. The summed E-state index contributed by atoms with van der Waals surface area (Å²) in [4.78, 5) is 23.8. The normalized spacial score (nSPS) is 12.8.